The van der Waals surface area contributed by atoms with E-state index in [1.807, 2.05) is 66.7 Å². The van der Waals surface area contributed by atoms with Crippen LogP contribution in [0.25, 0.3) is 0 Å². The Balaban J connectivity index is 0.000000204. The van der Waals surface area contributed by atoms with Crippen molar-refractivity contribution in [1.82, 2.24) is 26.2 Å². The molecule has 4 N–H and O–H groups in total. The minimum Gasteiger partial charge on any atom is -0.497 e. The number of hydrogen-bond donors (Lipinski definition) is 4. The van der Waals surface area contributed by atoms with Crippen molar-refractivity contribution in [1.29, 1.82) is 0 Å². The summed E-state index contributed by atoms with van der Waals surface area (Å²) in [7, 11) is 5.43. The van der Waals surface area contributed by atoms with Gasteiger partial charge in [-0.15, -0.1) is 0 Å². The van der Waals surface area contributed by atoms with E-state index in [0.717, 1.165) is 86.2 Å². The Morgan fingerprint density at radius 2 is 0.943 bits per heavy atom. The zero-order valence-corrected chi connectivity index (χ0v) is 31.1. The summed E-state index contributed by atoms with van der Waals surface area (Å²) in [6.07, 6.45) is 0. The molecule has 2 heterocycles. The maximum atomic E-state index is 12.1. The van der Waals surface area contributed by atoms with Crippen molar-refractivity contribution in [2.45, 2.75) is 26.2 Å². The fourth-order valence-corrected chi connectivity index (χ4v) is 5.95. The van der Waals surface area contributed by atoms with Crippen LogP contribution in [-0.2, 0) is 30.9 Å². The molecule has 53 heavy (non-hydrogen) atoms. The average Bonchev–Trinajstić information content (AvgIpc) is 3.22. The molecule has 2 fully saturated rings. The van der Waals surface area contributed by atoms with Gasteiger partial charge in [-0.05, 0) is 77.8 Å². The highest BCUT2D eigenvalue weighted by atomic mass is 16.5. The van der Waals surface area contributed by atoms with Crippen LogP contribution in [0.15, 0.2) is 97.1 Å². The SMILES string of the molecule is COc1ccc(CNC(=O)NCc2cccc(N3CCN(C)CC3)c2)cc1.COc1ccc(CNC(=O)NCc2cccc(N3CCOCC3)c2)cc1. The lowest BCUT2D eigenvalue weighted by Crippen LogP contribution is -2.44. The number of nitrogens with one attached hydrogen (secondary N) is 4. The van der Waals surface area contributed by atoms with E-state index in [-0.39, 0.29) is 12.1 Å². The number of ether oxygens (including phenoxy) is 3. The molecule has 2 saturated heterocycles. The highest BCUT2D eigenvalue weighted by Gasteiger charge is 2.15. The molecule has 4 aromatic carbocycles. The van der Waals surface area contributed by atoms with Crippen LogP contribution in [0.4, 0.5) is 21.0 Å². The zero-order chi connectivity index (χ0) is 37.3. The molecule has 12 nitrogen and oxygen atoms in total. The molecule has 0 saturated carbocycles. The molecule has 4 aromatic rings. The molecule has 0 bridgehead atoms. The van der Waals surface area contributed by atoms with Gasteiger partial charge in [-0.3, -0.25) is 0 Å². The van der Waals surface area contributed by atoms with Crippen LogP contribution in [-0.4, -0.2) is 90.7 Å². The summed E-state index contributed by atoms with van der Waals surface area (Å²) in [5.41, 5.74) is 6.63. The van der Waals surface area contributed by atoms with E-state index in [9.17, 15) is 9.59 Å². The number of hydrogen-bond acceptors (Lipinski definition) is 8. The molecule has 0 aliphatic carbocycles. The Morgan fingerprint density at radius 3 is 1.36 bits per heavy atom. The molecular weight excluding hydrogens is 670 g/mol. The largest absolute Gasteiger partial charge is 0.497 e. The van der Waals surface area contributed by atoms with Gasteiger partial charge in [-0.25, -0.2) is 9.59 Å². The van der Waals surface area contributed by atoms with Gasteiger partial charge in [0, 0.05) is 76.8 Å². The first-order valence-electron chi connectivity index (χ1n) is 18.1. The normalized spacial score (nSPS) is 14.3. The Kier molecular flexibility index (Phi) is 15.0. The lowest BCUT2D eigenvalue weighted by Gasteiger charge is -2.34. The second kappa shape index (κ2) is 20.5. The Hall–Kier alpha value is -5.46. The number of carbonyl (C=O) groups is 2. The van der Waals surface area contributed by atoms with Crippen LogP contribution in [0.3, 0.4) is 0 Å². The van der Waals surface area contributed by atoms with Crippen molar-refractivity contribution in [2.24, 2.45) is 0 Å². The van der Waals surface area contributed by atoms with E-state index >= 15 is 0 Å². The third-order valence-electron chi connectivity index (χ3n) is 9.20. The summed E-state index contributed by atoms with van der Waals surface area (Å²) in [4.78, 5) is 31.1. The number of morpholine rings is 1. The first-order chi connectivity index (χ1) is 25.9. The molecule has 282 valence electrons. The summed E-state index contributed by atoms with van der Waals surface area (Å²) in [6.45, 7) is 9.52. The van der Waals surface area contributed by atoms with Crippen LogP contribution in [0.2, 0.25) is 0 Å². The number of rotatable bonds is 12. The molecule has 2 aliphatic heterocycles. The van der Waals surface area contributed by atoms with Gasteiger partial charge in [0.15, 0.2) is 0 Å². The van der Waals surface area contributed by atoms with Crippen LogP contribution < -0.4 is 40.5 Å². The van der Waals surface area contributed by atoms with Crippen molar-refractivity contribution >= 4 is 23.4 Å². The van der Waals surface area contributed by atoms with Crippen molar-refractivity contribution in [3.8, 4) is 11.5 Å². The molecule has 0 atom stereocenters. The van der Waals surface area contributed by atoms with Gasteiger partial charge >= 0.3 is 12.1 Å². The van der Waals surface area contributed by atoms with Crippen LogP contribution in [0.1, 0.15) is 22.3 Å². The number of piperazine rings is 1. The molecular formula is C41H53N7O5. The van der Waals surface area contributed by atoms with Crippen LogP contribution in [0, 0.1) is 0 Å². The number of carbonyl (C=O) groups excluding carboxylic acids is 2. The van der Waals surface area contributed by atoms with E-state index < -0.39 is 0 Å². The standard InChI is InChI=1S/C21H28N4O2.C20H25N3O3/c1-24-10-12-25(13-11-24)19-5-3-4-18(14-19)16-23-21(26)22-15-17-6-8-20(27-2)9-7-17;1-25-19-7-5-16(6-8-19)14-21-20(24)22-15-17-3-2-4-18(13-17)23-9-11-26-12-10-23/h3-9,14H,10-13,15-16H2,1-2H3,(H2,22,23,26);2-8,13H,9-12,14-15H2,1H3,(H2,21,22,24). The molecule has 4 amide bonds. The monoisotopic (exact) mass is 723 g/mol. The van der Waals surface area contributed by atoms with Gasteiger partial charge in [0.25, 0.3) is 0 Å². The predicted octanol–water partition coefficient (Wildman–Crippen LogP) is 4.98. The topological polar surface area (TPSA) is 120 Å². The highest BCUT2D eigenvalue weighted by Crippen LogP contribution is 2.19. The molecule has 0 aromatic heterocycles. The summed E-state index contributed by atoms with van der Waals surface area (Å²) in [6, 6.07) is 31.6. The summed E-state index contributed by atoms with van der Waals surface area (Å²) >= 11 is 0. The van der Waals surface area contributed by atoms with E-state index in [0.29, 0.717) is 26.2 Å². The zero-order valence-electron chi connectivity index (χ0n) is 31.1. The van der Waals surface area contributed by atoms with Crippen LogP contribution in [0.5, 0.6) is 11.5 Å². The number of amides is 4. The third kappa shape index (κ3) is 12.9. The molecule has 2 aliphatic rings. The predicted molar refractivity (Wildman–Crippen MR) is 210 cm³/mol. The number of benzene rings is 4. The maximum Gasteiger partial charge on any atom is 0.315 e. The first kappa shape index (κ1) is 38.8. The fraction of sp³-hybridized carbons (Fsp3) is 0.366. The minimum absolute atomic E-state index is 0.171. The van der Waals surface area contributed by atoms with Crippen molar-refractivity contribution in [3.63, 3.8) is 0 Å². The quantitative estimate of drug-likeness (QED) is 0.162. The number of nitrogens with zero attached hydrogens (tertiary/aromatic N) is 3. The summed E-state index contributed by atoms with van der Waals surface area (Å²) in [5, 5.41) is 11.6. The van der Waals surface area contributed by atoms with Gasteiger partial charge in [-0.1, -0.05) is 48.5 Å². The smallest absolute Gasteiger partial charge is 0.315 e. The molecule has 6 rings (SSSR count). The molecule has 0 radical (unpaired) electrons. The van der Waals surface area contributed by atoms with Gasteiger partial charge < -0.3 is 50.2 Å². The van der Waals surface area contributed by atoms with Crippen LogP contribution >= 0.6 is 0 Å². The van der Waals surface area contributed by atoms with E-state index in [1.165, 1.54) is 11.4 Å². The Labute approximate surface area is 313 Å². The van der Waals surface area contributed by atoms with E-state index in [4.69, 9.17) is 14.2 Å². The molecule has 0 unspecified atom stereocenters. The average molecular weight is 724 g/mol. The number of urea groups is 2. The van der Waals surface area contributed by atoms with E-state index in [1.54, 1.807) is 14.2 Å². The van der Waals surface area contributed by atoms with Gasteiger partial charge in [0.1, 0.15) is 11.5 Å². The van der Waals surface area contributed by atoms with Crippen molar-refractivity contribution in [3.05, 3.63) is 119 Å². The second-order valence-electron chi connectivity index (χ2n) is 13.0. The lowest BCUT2D eigenvalue weighted by molar-refractivity contribution is 0.122. The molecule has 0 spiro atoms. The Bertz CT molecular complexity index is 1710. The lowest BCUT2D eigenvalue weighted by atomic mass is 10.1. The third-order valence-corrected chi connectivity index (χ3v) is 9.20. The minimum atomic E-state index is -0.183. The fourth-order valence-electron chi connectivity index (χ4n) is 5.95. The number of likely N-dealkylation sites (N-methyl/N-ethyl adjacent to an activating group) is 1. The first-order valence-corrected chi connectivity index (χ1v) is 18.1. The van der Waals surface area contributed by atoms with Gasteiger partial charge in [-0.2, -0.15) is 0 Å². The van der Waals surface area contributed by atoms with Crippen molar-refractivity contribution < 1.29 is 23.8 Å². The summed E-state index contributed by atoms with van der Waals surface area (Å²) < 4.78 is 15.7. The van der Waals surface area contributed by atoms with Gasteiger partial charge in [0.2, 0.25) is 0 Å². The number of methoxy groups -OCH3 is 2. The Morgan fingerprint density at radius 1 is 0.547 bits per heavy atom. The van der Waals surface area contributed by atoms with E-state index in [2.05, 4.69) is 73.3 Å². The van der Waals surface area contributed by atoms with Crippen molar-refractivity contribution in [2.75, 3.05) is 83.5 Å². The summed E-state index contributed by atoms with van der Waals surface area (Å²) in [5.74, 6) is 1.61. The second-order valence-corrected chi connectivity index (χ2v) is 13.0. The molecule has 12 heteroatoms. The van der Waals surface area contributed by atoms with Gasteiger partial charge in [0.05, 0.1) is 27.4 Å². The highest BCUT2D eigenvalue weighted by molar-refractivity contribution is 5.74. The number of anilines is 2. The maximum absolute atomic E-state index is 12.1.